The Morgan fingerprint density at radius 3 is 2.14 bits per heavy atom. The summed E-state index contributed by atoms with van der Waals surface area (Å²) in [7, 11) is 0. The third-order valence-electron chi connectivity index (χ3n) is 5.25. The zero-order valence-electron chi connectivity index (χ0n) is 12.8. The van der Waals surface area contributed by atoms with Crippen LogP contribution in [0.3, 0.4) is 0 Å². The average Bonchev–Trinajstić information content (AvgIpc) is 2.88. The molecule has 0 aliphatic carbocycles. The van der Waals surface area contributed by atoms with E-state index in [-0.39, 0.29) is 0 Å². The fraction of sp³-hybridized carbons (Fsp3) is 0.100. The molecule has 0 fully saturated rings. The zero-order chi connectivity index (χ0) is 14.9. The van der Waals surface area contributed by atoms with Crippen LogP contribution in [0.15, 0.2) is 66.7 Å². The molecule has 0 nitrogen and oxygen atoms in total. The second-order valence-electron chi connectivity index (χ2n) is 6.60. The molecule has 0 bridgehead atoms. The summed E-state index contributed by atoms with van der Waals surface area (Å²) in [4.78, 5) is 0. The van der Waals surface area contributed by atoms with Crippen molar-refractivity contribution in [2.45, 2.75) is 11.6 Å². The molecular weight excluding hydrogens is 330 g/mol. The Kier molecular flexibility index (Phi) is 2.41. The van der Waals surface area contributed by atoms with Crippen LogP contribution in [0.25, 0.3) is 11.1 Å². The molecule has 0 saturated heterocycles. The molecule has 0 saturated carbocycles. The minimum atomic E-state index is -1.81. The minimum absolute atomic E-state index is 0.448. The molecule has 0 unspecified atom stereocenters. The first-order valence-electron chi connectivity index (χ1n) is 7.74. The predicted octanol–water partition coefficient (Wildman–Crippen LogP) is 1.32. The summed E-state index contributed by atoms with van der Waals surface area (Å²) in [5, 5.41) is 0. The molecule has 0 radical (unpaired) electrons. The summed E-state index contributed by atoms with van der Waals surface area (Å²) in [6, 6.07) is 25.1. The van der Waals surface area contributed by atoms with Gasteiger partial charge in [0.1, 0.15) is 0 Å². The second-order valence-corrected chi connectivity index (χ2v) is 14.0. The number of hydrogen-bond donors (Lipinski definition) is 0. The van der Waals surface area contributed by atoms with E-state index in [0.717, 1.165) is 0 Å². The molecule has 0 spiro atoms. The fourth-order valence-electron chi connectivity index (χ4n) is 4.30. The third kappa shape index (κ3) is 1.40. The van der Waals surface area contributed by atoms with Crippen molar-refractivity contribution in [1.82, 2.24) is 0 Å². The molecule has 0 amide bonds. The summed E-state index contributed by atoms with van der Waals surface area (Å²) in [6.07, 6.45) is 0. The van der Waals surface area contributed by atoms with Crippen LogP contribution >= 0.6 is 0 Å². The van der Waals surface area contributed by atoms with E-state index in [1.165, 1.54) is 16.6 Å². The Morgan fingerprint density at radius 1 is 0.636 bits per heavy atom. The average molecular weight is 347 g/mol. The van der Waals surface area contributed by atoms with Crippen LogP contribution in [0.5, 0.6) is 0 Å². The van der Waals surface area contributed by atoms with Gasteiger partial charge in [-0.15, -0.1) is 0 Å². The van der Waals surface area contributed by atoms with Crippen LogP contribution < -0.4 is 25.3 Å². The van der Waals surface area contributed by atoms with Crippen LogP contribution in [0.1, 0.15) is 0 Å². The van der Waals surface area contributed by atoms with E-state index < -0.39 is 12.8 Å². The van der Waals surface area contributed by atoms with Gasteiger partial charge < -0.3 is 0 Å². The van der Waals surface area contributed by atoms with Crippen molar-refractivity contribution in [3.05, 3.63) is 66.7 Å². The first-order valence-corrected chi connectivity index (χ1v) is 12.9. The van der Waals surface area contributed by atoms with Gasteiger partial charge in [-0.3, -0.25) is 0 Å². The van der Waals surface area contributed by atoms with Gasteiger partial charge in [0, 0.05) is 0 Å². The van der Waals surface area contributed by atoms with Gasteiger partial charge in [0.05, 0.1) is 0 Å². The second kappa shape index (κ2) is 4.16. The van der Waals surface area contributed by atoms with Crippen LogP contribution in [-0.4, -0.2) is 19.6 Å². The van der Waals surface area contributed by atoms with Gasteiger partial charge in [-0.1, -0.05) is 0 Å². The van der Waals surface area contributed by atoms with Crippen molar-refractivity contribution in [1.29, 1.82) is 0 Å². The fourth-order valence-corrected chi connectivity index (χ4v) is 9.81. The van der Waals surface area contributed by atoms with E-state index in [1.807, 2.05) is 0 Å². The van der Waals surface area contributed by atoms with E-state index in [0.29, 0.717) is 6.71 Å². The van der Waals surface area contributed by atoms with Crippen molar-refractivity contribution < 1.29 is 0 Å². The number of benzene rings is 3. The van der Waals surface area contributed by atoms with Gasteiger partial charge in [-0.05, 0) is 0 Å². The van der Waals surface area contributed by atoms with E-state index in [9.17, 15) is 0 Å². The Hall–Kier alpha value is -1.76. The first-order chi connectivity index (χ1) is 10.7. The van der Waals surface area contributed by atoms with Gasteiger partial charge in [0.25, 0.3) is 0 Å². The van der Waals surface area contributed by atoms with Gasteiger partial charge >= 0.3 is 134 Å². The first kappa shape index (κ1) is 12.8. The Balaban J connectivity index is 1.97. The molecule has 2 heteroatoms. The molecule has 5 rings (SSSR count). The van der Waals surface area contributed by atoms with Crippen molar-refractivity contribution in [3.8, 4) is 11.1 Å². The maximum absolute atomic E-state index is 2.52. The molecule has 106 valence electrons. The van der Waals surface area contributed by atoms with Crippen molar-refractivity contribution in [2.24, 2.45) is 0 Å². The summed E-state index contributed by atoms with van der Waals surface area (Å²) >= 11 is -1.81. The summed E-state index contributed by atoms with van der Waals surface area (Å²) in [5.74, 6) is 5.04. The van der Waals surface area contributed by atoms with Gasteiger partial charge in [0.2, 0.25) is 0 Å². The van der Waals surface area contributed by atoms with Crippen LogP contribution in [0.4, 0.5) is 0 Å². The standard InChI is InChI=1S/C20H17BSe/c1-22(2)18-12-6-5-11-17(18)21-16-10-4-3-8-14(16)15-9-7-13-19(22)20(15)21/h3-13H,1-2H3. The van der Waals surface area contributed by atoms with E-state index in [1.54, 1.807) is 19.8 Å². The molecule has 22 heavy (non-hydrogen) atoms. The molecule has 3 aromatic carbocycles. The van der Waals surface area contributed by atoms with Crippen molar-refractivity contribution in [2.75, 3.05) is 0 Å². The third-order valence-corrected chi connectivity index (χ3v) is 11.4. The maximum atomic E-state index is 2.52. The monoisotopic (exact) mass is 348 g/mol. The zero-order valence-corrected chi connectivity index (χ0v) is 14.5. The molecule has 2 aliphatic heterocycles. The summed E-state index contributed by atoms with van der Waals surface area (Å²) in [6.45, 7) is 0.448. The molecular formula is C20H17BSe. The van der Waals surface area contributed by atoms with Gasteiger partial charge in [-0.2, -0.15) is 0 Å². The number of rotatable bonds is 0. The molecule has 2 aliphatic rings. The van der Waals surface area contributed by atoms with Crippen molar-refractivity contribution >= 4 is 44.9 Å². The van der Waals surface area contributed by atoms with E-state index in [4.69, 9.17) is 0 Å². The summed E-state index contributed by atoms with van der Waals surface area (Å²) in [5.41, 5.74) is 7.56. The predicted molar refractivity (Wildman–Crippen MR) is 99.7 cm³/mol. The number of fused-ring (bicyclic) bond motifs is 5. The Morgan fingerprint density at radius 2 is 1.27 bits per heavy atom. The van der Waals surface area contributed by atoms with E-state index in [2.05, 4.69) is 78.4 Å². The SMILES string of the molecule is C[Se]1(C)c2ccccc2B2c3ccccc3-c3cccc1c32. The molecule has 3 aromatic rings. The van der Waals surface area contributed by atoms with Crippen LogP contribution in [-0.2, 0) is 0 Å². The van der Waals surface area contributed by atoms with Gasteiger partial charge in [0.15, 0.2) is 0 Å². The molecule has 0 N–H and O–H groups in total. The van der Waals surface area contributed by atoms with Crippen LogP contribution in [0.2, 0.25) is 11.6 Å². The Labute approximate surface area is 134 Å². The Bertz CT molecular complexity index is 926. The van der Waals surface area contributed by atoms with Crippen LogP contribution in [0, 0.1) is 0 Å². The summed E-state index contributed by atoms with van der Waals surface area (Å²) < 4.78 is 3.28. The molecule has 0 atom stereocenters. The number of hydrogen-bond acceptors (Lipinski definition) is 0. The molecule has 0 aromatic heterocycles. The van der Waals surface area contributed by atoms with Gasteiger partial charge in [-0.25, -0.2) is 0 Å². The van der Waals surface area contributed by atoms with Crippen molar-refractivity contribution in [3.63, 3.8) is 0 Å². The topological polar surface area (TPSA) is 0 Å². The van der Waals surface area contributed by atoms with E-state index >= 15 is 0 Å². The molecule has 2 heterocycles. The quantitative estimate of drug-likeness (QED) is 0.421. The normalized spacial score (nSPS) is 17.5.